The molecule has 0 N–H and O–H groups in total. The minimum absolute atomic E-state index is 0.565. The molecule has 0 spiro atoms. The summed E-state index contributed by atoms with van der Waals surface area (Å²) in [6.07, 6.45) is 2.59. The molecular formula is C7H16S. The van der Waals surface area contributed by atoms with Gasteiger partial charge in [-0.25, -0.2) is 0 Å². The van der Waals surface area contributed by atoms with Crippen molar-refractivity contribution >= 4 is 12.6 Å². The van der Waals surface area contributed by atoms with Crippen LogP contribution in [0.25, 0.3) is 0 Å². The number of thiol groups is 1. The van der Waals surface area contributed by atoms with Crippen molar-refractivity contribution in [1.29, 1.82) is 0 Å². The Balaban J connectivity index is 3.17. The highest BCUT2D eigenvalue weighted by Crippen LogP contribution is 2.13. The largest absolute Gasteiger partial charge is 0.176 e. The molecule has 0 fully saturated rings. The summed E-state index contributed by atoms with van der Waals surface area (Å²) in [7, 11) is 0. The molecular weight excluding hydrogens is 116 g/mol. The summed E-state index contributed by atoms with van der Waals surface area (Å²) in [5, 5.41) is 0.565. The van der Waals surface area contributed by atoms with Crippen LogP contribution in [-0.2, 0) is 0 Å². The van der Waals surface area contributed by atoms with Crippen LogP contribution in [0.5, 0.6) is 0 Å². The van der Waals surface area contributed by atoms with Gasteiger partial charge in [-0.3, -0.25) is 0 Å². The van der Waals surface area contributed by atoms with Crippen molar-refractivity contribution in [3.05, 3.63) is 0 Å². The molecule has 2 atom stereocenters. The summed E-state index contributed by atoms with van der Waals surface area (Å²) >= 11 is 4.33. The van der Waals surface area contributed by atoms with Gasteiger partial charge in [-0.2, -0.15) is 12.6 Å². The van der Waals surface area contributed by atoms with E-state index in [9.17, 15) is 0 Å². The van der Waals surface area contributed by atoms with Gasteiger partial charge in [0.15, 0.2) is 0 Å². The van der Waals surface area contributed by atoms with Gasteiger partial charge < -0.3 is 0 Å². The van der Waals surface area contributed by atoms with E-state index in [4.69, 9.17) is 0 Å². The highest BCUT2D eigenvalue weighted by molar-refractivity contribution is 7.80. The molecule has 1 heteroatoms. The lowest BCUT2D eigenvalue weighted by Crippen LogP contribution is -2.05. The van der Waals surface area contributed by atoms with E-state index in [2.05, 4.69) is 33.4 Å². The fraction of sp³-hybridized carbons (Fsp3) is 1.00. The third kappa shape index (κ3) is 3.36. The first-order valence-corrected chi connectivity index (χ1v) is 3.88. The standard InChI is InChI=1S/C7H16S/c1-4-5-6(2)7(3)8/h6-8H,4-5H2,1-3H3/t6-,7-/m1/s1. The molecule has 0 bridgehead atoms. The molecule has 0 radical (unpaired) electrons. The maximum absolute atomic E-state index is 4.33. The average Bonchev–Trinajstić information content (AvgIpc) is 1.67. The zero-order chi connectivity index (χ0) is 6.57. The normalized spacial score (nSPS) is 18.0. The fourth-order valence-corrected chi connectivity index (χ4v) is 0.846. The second-order valence-electron chi connectivity index (χ2n) is 2.51. The van der Waals surface area contributed by atoms with E-state index in [1.807, 2.05) is 0 Å². The molecule has 0 aromatic carbocycles. The highest BCUT2D eigenvalue weighted by atomic mass is 32.1. The van der Waals surface area contributed by atoms with Gasteiger partial charge in [-0.1, -0.05) is 27.2 Å². The van der Waals surface area contributed by atoms with Crippen molar-refractivity contribution in [3.8, 4) is 0 Å². The van der Waals surface area contributed by atoms with Gasteiger partial charge in [0.2, 0.25) is 0 Å². The Bertz CT molecular complexity index is 50.3. The molecule has 0 heterocycles. The van der Waals surface area contributed by atoms with Crippen LogP contribution in [0.15, 0.2) is 0 Å². The summed E-state index contributed by atoms with van der Waals surface area (Å²) in [6.45, 7) is 6.62. The molecule has 0 saturated heterocycles. The smallest absolute Gasteiger partial charge is 0.00141 e. The Hall–Kier alpha value is 0.350. The van der Waals surface area contributed by atoms with Gasteiger partial charge in [-0.15, -0.1) is 0 Å². The van der Waals surface area contributed by atoms with Gasteiger partial charge in [-0.05, 0) is 12.3 Å². The molecule has 0 aromatic rings. The third-order valence-corrected chi connectivity index (χ3v) is 2.08. The van der Waals surface area contributed by atoms with Crippen LogP contribution >= 0.6 is 12.6 Å². The van der Waals surface area contributed by atoms with Crippen LogP contribution in [0.3, 0.4) is 0 Å². The molecule has 0 aliphatic heterocycles. The van der Waals surface area contributed by atoms with Gasteiger partial charge in [0.25, 0.3) is 0 Å². The Morgan fingerprint density at radius 1 is 1.38 bits per heavy atom. The molecule has 0 unspecified atom stereocenters. The number of rotatable bonds is 3. The highest BCUT2D eigenvalue weighted by Gasteiger charge is 2.04. The molecule has 8 heavy (non-hydrogen) atoms. The first-order valence-electron chi connectivity index (χ1n) is 3.36. The van der Waals surface area contributed by atoms with Gasteiger partial charge in [0, 0.05) is 5.25 Å². The van der Waals surface area contributed by atoms with Crippen molar-refractivity contribution in [3.63, 3.8) is 0 Å². The van der Waals surface area contributed by atoms with Crippen LogP contribution in [-0.4, -0.2) is 5.25 Å². The van der Waals surface area contributed by atoms with Gasteiger partial charge in [0.05, 0.1) is 0 Å². The summed E-state index contributed by atoms with van der Waals surface area (Å²) in [5.74, 6) is 0.781. The van der Waals surface area contributed by atoms with Crippen LogP contribution in [0.2, 0.25) is 0 Å². The quantitative estimate of drug-likeness (QED) is 0.561. The van der Waals surface area contributed by atoms with Gasteiger partial charge in [0.1, 0.15) is 0 Å². The van der Waals surface area contributed by atoms with Crippen molar-refractivity contribution in [2.24, 2.45) is 5.92 Å². The topological polar surface area (TPSA) is 0 Å². The van der Waals surface area contributed by atoms with E-state index in [0.717, 1.165) is 5.92 Å². The predicted octanol–water partition coefficient (Wildman–Crippen LogP) is 2.74. The van der Waals surface area contributed by atoms with Crippen molar-refractivity contribution < 1.29 is 0 Å². The summed E-state index contributed by atoms with van der Waals surface area (Å²) in [4.78, 5) is 0. The minimum Gasteiger partial charge on any atom is -0.176 e. The molecule has 0 aliphatic rings. The van der Waals surface area contributed by atoms with E-state index in [-0.39, 0.29) is 0 Å². The maximum Gasteiger partial charge on any atom is 0.00141 e. The predicted molar refractivity (Wildman–Crippen MR) is 42.5 cm³/mol. The van der Waals surface area contributed by atoms with E-state index < -0.39 is 0 Å². The first kappa shape index (κ1) is 8.35. The minimum atomic E-state index is 0.565. The second-order valence-corrected chi connectivity index (χ2v) is 3.32. The zero-order valence-corrected chi connectivity index (χ0v) is 6.91. The SMILES string of the molecule is CCC[C@@H](C)[C@@H](C)S. The van der Waals surface area contributed by atoms with Crippen LogP contribution in [0.4, 0.5) is 0 Å². The Morgan fingerprint density at radius 3 is 2.00 bits per heavy atom. The average molecular weight is 132 g/mol. The molecule has 0 saturated carbocycles. The lowest BCUT2D eigenvalue weighted by molar-refractivity contribution is 0.523. The summed E-state index contributed by atoms with van der Waals surface area (Å²) in [6, 6.07) is 0. The van der Waals surface area contributed by atoms with Crippen molar-refractivity contribution in [1.82, 2.24) is 0 Å². The molecule has 0 amide bonds. The van der Waals surface area contributed by atoms with E-state index in [0.29, 0.717) is 5.25 Å². The number of hydrogen-bond donors (Lipinski definition) is 1. The first-order chi connectivity index (χ1) is 3.68. The van der Waals surface area contributed by atoms with Crippen molar-refractivity contribution in [2.45, 2.75) is 38.9 Å². The second kappa shape index (κ2) is 4.25. The van der Waals surface area contributed by atoms with Gasteiger partial charge >= 0.3 is 0 Å². The Kier molecular flexibility index (Phi) is 4.44. The third-order valence-electron chi connectivity index (χ3n) is 1.57. The fourth-order valence-electron chi connectivity index (χ4n) is 0.697. The molecule has 0 nitrogen and oxygen atoms in total. The number of hydrogen-bond acceptors (Lipinski definition) is 1. The van der Waals surface area contributed by atoms with Crippen molar-refractivity contribution in [2.75, 3.05) is 0 Å². The van der Waals surface area contributed by atoms with Crippen LogP contribution < -0.4 is 0 Å². The maximum atomic E-state index is 4.33. The van der Waals surface area contributed by atoms with Crippen LogP contribution in [0.1, 0.15) is 33.6 Å². The Labute approximate surface area is 58.1 Å². The lowest BCUT2D eigenvalue weighted by atomic mass is 10.0. The van der Waals surface area contributed by atoms with E-state index in [1.54, 1.807) is 0 Å². The molecule has 0 aromatic heterocycles. The van der Waals surface area contributed by atoms with Crippen LogP contribution in [0, 0.1) is 5.92 Å². The summed E-state index contributed by atoms with van der Waals surface area (Å²) in [5.41, 5.74) is 0. The molecule has 50 valence electrons. The lowest BCUT2D eigenvalue weighted by Gasteiger charge is -2.11. The van der Waals surface area contributed by atoms with E-state index >= 15 is 0 Å². The Morgan fingerprint density at radius 2 is 1.88 bits per heavy atom. The molecule has 0 aliphatic carbocycles. The molecule has 0 rings (SSSR count). The monoisotopic (exact) mass is 132 g/mol. The summed E-state index contributed by atoms with van der Waals surface area (Å²) < 4.78 is 0. The zero-order valence-electron chi connectivity index (χ0n) is 6.02. The van der Waals surface area contributed by atoms with E-state index in [1.165, 1.54) is 12.8 Å².